The molecular weight excluding hydrogens is 340 g/mol. The van der Waals surface area contributed by atoms with Crippen molar-refractivity contribution in [3.8, 4) is 0 Å². The lowest BCUT2D eigenvalue weighted by atomic mass is 9.91. The fourth-order valence-electron chi connectivity index (χ4n) is 3.56. The molecule has 1 saturated heterocycles. The van der Waals surface area contributed by atoms with Crippen molar-refractivity contribution in [2.75, 3.05) is 26.2 Å². The quantitative estimate of drug-likeness (QED) is 0.834. The first-order valence-corrected chi connectivity index (χ1v) is 9.68. The van der Waals surface area contributed by atoms with Crippen LogP contribution in [0.5, 0.6) is 0 Å². The molecule has 0 N–H and O–H groups in total. The molecule has 0 radical (unpaired) electrons. The number of benzene rings is 1. The summed E-state index contributed by atoms with van der Waals surface area (Å²) in [6.07, 6.45) is 3.54. The van der Waals surface area contributed by atoms with Crippen LogP contribution in [0.25, 0.3) is 11.0 Å². The second-order valence-corrected chi connectivity index (χ2v) is 8.71. The number of carbonyl (C=O) groups is 2. The van der Waals surface area contributed by atoms with Gasteiger partial charge in [-0.1, -0.05) is 26.8 Å². The number of hydrogen-bond acceptors (Lipinski definition) is 3. The summed E-state index contributed by atoms with van der Waals surface area (Å²) in [4.78, 5) is 33.4. The number of carbonyl (C=O) groups excluding carboxylic acids is 2. The summed E-state index contributed by atoms with van der Waals surface area (Å²) < 4.78 is 1.97. The van der Waals surface area contributed by atoms with Crippen LogP contribution in [0, 0.1) is 5.41 Å². The molecule has 0 unspecified atom stereocenters. The lowest BCUT2D eigenvalue weighted by Gasteiger charge is -2.25. The molecule has 6 nitrogen and oxygen atoms in total. The summed E-state index contributed by atoms with van der Waals surface area (Å²) in [5.41, 5.74) is 2.95. The molecule has 1 aliphatic rings. The van der Waals surface area contributed by atoms with Gasteiger partial charge < -0.3 is 14.4 Å². The number of aryl methyl sites for hydroxylation is 1. The van der Waals surface area contributed by atoms with Crippen LogP contribution >= 0.6 is 0 Å². The number of nitrogens with zero attached hydrogens (tertiary/aromatic N) is 4. The molecule has 0 atom stereocenters. The number of rotatable bonds is 3. The second-order valence-electron chi connectivity index (χ2n) is 8.71. The zero-order valence-corrected chi connectivity index (χ0v) is 16.9. The average Bonchev–Trinajstić information content (AvgIpc) is 2.81. The summed E-state index contributed by atoms with van der Waals surface area (Å²) in [6.45, 7) is 8.92. The fraction of sp³-hybridized carbons (Fsp3) is 0.571. The van der Waals surface area contributed by atoms with Crippen LogP contribution in [-0.4, -0.2) is 57.3 Å². The maximum atomic E-state index is 12.8. The van der Waals surface area contributed by atoms with E-state index in [9.17, 15) is 9.59 Å². The van der Waals surface area contributed by atoms with E-state index in [1.54, 1.807) is 6.33 Å². The Labute approximate surface area is 161 Å². The predicted octanol–water partition coefficient (Wildman–Crippen LogP) is 2.61. The number of hydrogen-bond donors (Lipinski definition) is 0. The molecule has 1 aliphatic heterocycles. The second kappa shape index (κ2) is 7.71. The lowest BCUT2D eigenvalue weighted by molar-refractivity contribution is -0.134. The molecule has 0 spiro atoms. The van der Waals surface area contributed by atoms with Gasteiger partial charge in [0, 0.05) is 39.6 Å². The van der Waals surface area contributed by atoms with Crippen LogP contribution < -0.4 is 0 Å². The van der Waals surface area contributed by atoms with Gasteiger partial charge in [0.05, 0.1) is 23.8 Å². The topological polar surface area (TPSA) is 58.4 Å². The van der Waals surface area contributed by atoms with E-state index in [-0.39, 0.29) is 17.2 Å². The highest BCUT2D eigenvalue weighted by molar-refractivity contribution is 5.82. The summed E-state index contributed by atoms with van der Waals surface area (Å²) in [6, 6.07) is 6.00. The van der Waals surface area contributed by atoms with Crippen molar-refractivity contribution in [3.05, 3.63) is 30.1 Å². The summed E-state index contributed by atoms with van der Waals surface area (Å²) in [5, 5.41) is 0. The fourth-order valence-corrected chi connectivity index (χ4v) is 3.56. The average molecular weight is 370 g/mol. The Morgan fingerprint density at radius 2 is 1.70 bits per heavy atom. The molecule has 146 valence electrons. The molecule has 3 rings (SSSR count). The maximum absolute atomic E-state index is 12.8. The van der Waals surface area contributed by atoms with Crippen molar-refractivity contribution in [1.82, 2.24) is 19.4 Å². The highest BCUT2D eigenvalue weighted by Gasteiger charge is 2.25. The zero-order chi connectivity index (χ0) is 19.6. The van der Waals surface area contributed by atoms with E-state index in [2.05, 4.69) is 25.8 Å². The largest absolute Gasteiger partial charge is 0.341 e. The van der Waals surface area contributed by atoms with Gasteiger partial charge >= 0.3 is 0 Å². The first kappa shape index (κ1) is 19.4. The Balaban J connectivity index is 1.59. The Kier molecular flexibility index (Phi) is 5.53. The zero-order valence-electron chi connectivity index (χ0n) is 16.9. The summed E-state index contributed by atoms with van der Waals surface area (Å²) in [7, 11) is 1.96. The third-order valence-corrected chi connectivity index (χ3v) is 5.03. The van der Waals surface area contributed by atoms with E-state index in [0.29, 0.717) is 32.5 Å². The molecule has 2 heterocycles. The van der Waals surface area contributed by atoms with Gasteiger partial charge in [0.25, 0.3) is 0 Å². The number of fused-ring (bicyclic) bond motifs is 1. The molecule has 27 heavy (non-hydrogen) atoms. The van der Waals surface area contributed by atoms with Crippen LogP contribution in [0.15, 0.2) is 24.5 Å². The normalized spacial score (nSPS) is 15.9. The predicted molar refractivity (Wildman–Crippen MR) is 106 cm³/mol. The van der Waals surface area contributed by atoms with Crippen molar-refractivity contribution in [3.63, 3.8) is 0 Å². The molecule has 1 aromatic carbocycles. The van der Waals surface area contributed by atoms with Crippen LogP contribution in [0.4, 0.5) is 0 Å². The Hall–Kier alpha value is -2.37. The first-order chi connectivity index (χ1) is 12.7. The van der Waals surface area contributed by atoms with E-state index in [4.69, 9.17) is 0 Å². The third-order valence-electron chi connectivity index (χ3n) is 5.03. The van der Waals surface area contributed by atoms with Gasteiger partial charge in [-0.05, 0) is 29.5 Å². The third kappa shape index (κ3) is 4.87. The van der Waals surface area contributed by atoms with Gasteiger partial charge in [-0.25, -0.2) is 4.98 Å². The molecule has 6 heteroatoms. The minimum atomic E-state index is -0.0109. The molecule has 0 saturated carbocycles. The number of aromatic nitrogens is 2. The van der Waals surface area contributed by atoms with Gasteiger partial charge in [-0.3, -0.25) is 9.59 Å². The molecule has 2 amide bonds. The van der Waals surface area contributed by atoms with E-state index >= 15 is 0 Å². The summed E-state index contributed by atoms with van der Waals surface area (Å²) in [5.74, 6) is 0.313. The van der Waals surface area contributed by atoms with Crippen molar-refractivity contribution in [2.24, 2.45) is 12.5 Å². The summed E-state index contributed by atoms with van der Waals surface area (Å²) >= 11 is 0. The van der Waals surface area contributed by atoms with Crippen molar-refractivity contribution >= 4 is 22.8 Å². The van der Waals surface area contributed by atoms with Gasteiger partial charge in [-0.15, -0.1) is 0 Å². The van der Waals surface area contributed by atoms with Gasteiger partial charge in [0.1, 0.15) is 0 Å². The molecule has 2 aromatic rings. The maximum Gasteiger partial charge on any atom is 0.227 e. The minimum absolute atomic E-state index is 0.0109. The number of imidazole rings is 1. The Bertz CT molecular complexity index is 834. The van der Waals surface area contributed by atoms with E-state index in [1.807, 2.05) is 39.6 Å². The van der Waals surface area contributed by atoms with Crippen LogP contribution in [0.2, 0.25) is 0 Å². The highest BCUT2D eigenvalue weighted by atomic mass is 16.2. The Morgan fingerprint density at radius 3 is 2.37 bits per heavy atom. The highest BCUT2D eigenvalue weighted by Crippen LogP contribution is 2.21. The molecule has 0 bridgehead atoms. The minimum Gasteiger partial charge on any atom is -0.341 e. The van der Waals surface area contributed by atoms with Gasteiger partial charge in [0.2, 0.25) is 11.8 Å². The van der Waals surface area contributed by atoms with Gasteiger partial charge in [0.15, 0.2) is 0 Å². The van der Waals surface area contributed by atoms with Crippen molar-refractivity contribution in [1.29, 1.82) is 0 Å². The Morgan fingerprint density at radius 1 is 1.04 bits per heavy atom. The van der Waals surface area contributed by atoms with E-state index < -0.39 is 0 Å². The van der Waals surface area contributed by atoms with Gasteiger partial charge in [-0.2, -0.15) is 0 Å². The smallest absolute Gasteiger partial charge is 0.227 e. The lowest BCUT2D eigenvalue weighted by Crippen LogP contribution is -2.38. The molecule has 0 aliphatic carbocycles. The van der Waals surface area contributed by atoms with Crippen molar-refractivity contribution < 1.29 is 9.59 Å². The standard InChI is InChI=1S/C21H30N4O2/c1-21(2,3)14-20(27)25-9-5-8-24(10-11-25)19(26)13-16-6-7-18-17(12-16)22-15-23(18)4/h6-7,12,15H,5,8-11,13-14H2,1-4H3. The van der Waals surface area contributed by atoms with Crippen LogP contribution in [0.1, 0.15) is 39.2 Å². The van der Waals surface area contributed by atoms with E-state index in [0.717, 1.165) is 29.6 Å². The molecular formula is C21H30N4O2. The molecule has 1 fully saturated rings. The monoisotopic (exact) mass is 370 g/mol. The first-order valence-electron chi connectivity index (χ1n) is 9.68. The van der Waals surface area contributed by atoms with Crippen LogP contribution in [-0.2, 0) is 23.1 Å². The molecule has 1 aromatic heterocycles. The SMILES string of the molecule is Cn1cnc2cc(CC(=O)N3CCCN(C(=O)CC(C)(C)C)CC3)ccc21. The van der Waals surface area contributed by atoms with E-state index in [1.165, 1.54) is 0 Å². The van der Waals surface area contributed by atoms with Crippen molar-refractivity contribution in [2.45, 2.75) is 40.0 Å². The number of amides is 2. The van der Waals surface area contributed by atoms with Crippen LogP contribution in [0.3, 0.4) is 0 Å².